The summed E-state index contributed by atoms with van der Waals surface area (Å²) >= 11 is 0. The Balaban J connectivity index is 0.000000137. The van der Waals surface area contributed by atoms with E-state index in [1.165, 1.54) is 6.20 Å². The number of H-pyrrole nitrogens is 1. The molecular formula is C64H52N10O12. The summed E-state index contributed by atoms with van der Waals surface area (Å²) in [6, 6.07) is 48.9. The zero-order chi connectivity index (χ0) is 61.3. The summed E-state index contributed by atoms with van der Waals surface area (Å²) in [5.74, 6) is -6.01. The zero-order valence-electron chi connectivity index (χ0n) is 45.4. The number of hydrogen-bond donors (Lipinski definition) is 5. The minimum atomic E-state index is -1.10. The third kappa shape index (κ3) is 11.9. The van der Waals surface area contributed by atoms with Crippen molar-refractivity contribution in [2.24, 2.45) is 22.9 Å². The van der Waals surface area contributed by atoms with Gasteiger partial charge in [-0.15, -0.1) is 0 Å². The summed E-state index contributed by atoms with van der Waals surface area (Å²) in [4.78, 5) is 157. The number of rotatable bonds is 15. The van der Waals surface area contributed by atoms with E-state index in [4.69, 9.17) is 22.9 Å². The van der Waals surface area contributed by atoms with Crippen LogP contribution in [0.3, 0.4) is 0 Å². The third-order valence-corrected chi connectivity index (χ3v) is 14.3. The molecule has 0 spiro atoms. The molecule has 430 valence electrons. The lowest BCUT2D eigenvalue weighted by molar-refractivity contribution is -0.122. The highest BCUT2D eigenvalue weighted by Crippen LogP contribution is 2.35. The van der Waals surface area contributed by atoms with Gasteiger partial charge in [-0.3, -0.25) is 77.1 Å². The SMILES string of the molecule is NC(=O)C(Cc1ccccc1)N1C(=O)c2ccccc2C1=O.NC(=O)C(Cc1ncc[nH]1)N1C(=O)c2ccccc2C1=O.NC(=O)C(c1ccccc1)N1C(=O)c2ccccc2C1=O.NC(=O)CC(c1ccccc1)N1C(=O)c2ccccc2C1=O. The number of primary amides is 4. The van der Waals surface area contributed by atoms with Gasteiger partial charge in [0.1, 0.15) is 23.9 Å². The van der Waals surface area contributed by atoms with Crippen LogP contribution in [0.4, 0.5) is 0 Å². The van der Waals surface area contributed by atoms with Crippen LogP contribution in [0.1, 0.15) is 124 Å². The molecule has 12 amide bonds. The molecule has 0 saturated carbocycles. The van der Waals surface area contributed by atoms with Crippen LogP contribution in [0.25, 0.3) is 0 Å². The highest BCUT2D eigenvalue weighted by molar-refractivity contribution is 6.25. The Hall–Kier alpha value is -11.8. The molecule has 0 bridgehead atoms. The number of benzene rings is 7. The van der Waals surface area contributed by atoms with Crippen LogP contribution < -0.4 is 22.9 Å². The lowest BCUT2D eigenvalue weighted by Gasteiger charge is -2.25. The summed E-state index contributed by atoms with van der Waals surface area (Å²) < 4.78 is 0. The number of nitrogens with zero attached hydrogens (tertiary/aromatic N) is 5. The first-order chi connectivity index (χ1) is 41.4. The number of aromatic amines is 1. The summed E-state index contributed by atoms with van der Waals surface area (Å²) in [6.07, 6.45) is 3.29. The highest BCUT2D eigenvalue weighted by atomic mass is 16.2. The fraction of sp³-hybridized carbons (Fsp3) is 0.109. The predicted octanol–water partition coefficient (Wildman–Crippen LogP) is 4.89. The van der Waals surface area contributed by atoms with Gasteiger partial charge < -0.3 is 27.9 Å². The van der Waals surface area contributed by atoms with Crippen molar-refractivity contribution >= 4 is 70.9 Å². The van der Waals surface area contributed by atoms with E-state index < -0.39 is 95.1 Å². The van der Waals surface area contributed by atoms with Crippen LogP contribution >= 0.6 is 0 Å². The standard InChI is InChI=1S/2C17H14N2O3.C16H12N2O3.C14H12N4O3/c18-15(20)10-14(11-6-2-1-3-7-11)19-16(21)12-8-4-5-9-13(12)17(19)22;18-15(20)14(10-11-6-2-1-3-7-11)19-16(21)12-8-4-5-9-13(12)17(19)22;17-14(19)13(10-6-2-1-3-7-10)18-15(20)11-8-4-5-9-12(11)16(18)21;15-12(19)10(7-11-16-5-6-17-11)18-13(20)8-3-1-2-4-9(8)14(18)21/h2*1-9,14H,10H2,(H2,18,20);1-9,13H,(H2,17,19);1-6,10H,7H2,(H2,15,19)(H,16,17). The largest absolute Gasteiger partial charge is 0.370 e. The van der Waals surface area contributed by atoms with Crippen LogP contribution in [0.5, 0.6) is 0 Å². The molecule has 0 fully saturated rings. The molecule has 4 aliphatic heterocycles. The van der Waals surface area contributed by atoms with Gasteiger partial charge in [-0.2, -0.15) is 0 Å². The molecule has 1 aromatic heterocycles. The molecule has 86 heavy (non-hydrogen) atoms. The number of nitrogens with one attached hydrogen (secondary N) is 1. The number of imide groups is 4. The number of aromatic nitrogens is 2. The molecule has 8 aromatic rings. The maximum atomic E-state index is 12.6. The molecule has 0 saturated heterocycles. The fourth-order valence-electron chi connectivity index (χ4n) is 10.3. The monoisotopic (exact) mass is 1150 g/mol. The Labute approximate surface area is 490 Å². The molecule has 9 N–H and O–H groups in total. The number of carbonyl (C=O) groups excluding carboxylic acids is 12. The minimum Gasteiger partial charge on any atom is -0.370 e. The van der Waals surface area contributed by atoms with E-state index in [2.05, 4.69) is 9.97 Å². The second-order valence-corrected chi connectivity index (χ2v) is 19.7. The highest BCUT2D eigenvalue weighted by Gasteiger charge is 2.46. The first-order valence-electron chi connectivity index (χ1n) is 26.5. The van der Waals surface area contributed by atoms with E-state index in [0.29, 0.717) is 50.3 Å². The first kappa shape index (κ1) is 58.8. The smallest absolute Gasteiger partial charge is 0.262 e. The van der Waals surface area contributed by atoms with Crippen molar-refractivity contribution in [3.05, 3.63) is 267 Å². The van der Waals surface area contributed by atoms with E-state index >= 15 is 0 Å². The quantitative estimate of drug-likeness (QED) is 0.0855. The molecular weight excluding hydrogens is 1100 g/mol. The molecule has 5 heterocycles. The topological polar surface area (TPSA) is 351 Å². The molecule has 12 rings (SSSR count). The summed E-state index contributed by atoms with van der Waals surface area (Å²) in [7, 11) is 0. The van der Waals surface area contributed by atoms with E-state index in [1.54, 1.807) is 158 Å². The Morgan fingerprint density at radius 3 is 1.01 bits per heavy atom. The van der Waals surface area contributed by atoms with Gasteiger partial charge in [0.15, 0.2) is 0 Å². The Bertz CT molecular complexity index is 3870. The van der Waals surface area contributed by atoms with E-state index in [0.717, 1.165) is 25.2 Å². The number of imidazole rings is 1. The number of carbonyl (C=O) groups is 12. The van der Waals surface area contributed by atoms with E-state index in [1.807, 2.05) is 36.4 Å². The maximum absolute atomic E-state index is 12.6. The number of nitrogens with two attached hydrogens (primary N) is 4. The van der Waals surface area contributed by atoms with Crippen molar-refractivity contribution in [3.8, 4) is 0 Å². The van der Waals surface area contributed by atoms with Crippen LogP contribution in [0.15, 0.2) is 200 Å². The minimum absolute atomic E-state index is 0.0633. The molecule has 22 heteroatoms. The van der Waals surface area contributed by atoms with Crippen LogP contribution in [-0.2, 0) is 32.0 Å². The predicted molar refractivity (Wildman–Crippen MR) is 308 cm³/mol. The van der Waals surface area contributed by atoms with Crippen molar-refractivity contribution in [1.29, 1.82) is 0 Å². The molecule has 4 unspecified atom stereocenters. The van der Waals surface area contributed by atoms with Crippen molar-refractivity contribution in [2.75, 3.05) is 0 Å². The molecule has 22 nitrogen and oxygen atoms in total. The lowest BCUT2D eigenvalue weighted by Crippen LogP contribution is -2.49. The lowest BCUT2D eigenvalue weighted by atomic mass is 10.0. The second kappa shape index (κ2) is 25.5. The third-order valence-electron chi connectivity index (χ3n) is 14.3. The Morgan fingerprint density at radius 2 is 0.686 bits per heavy atom. The van der Waals surface area contributed by atoms with Crippen LogP contribution in [-0.4, -0.2) is 113 Å². The molecule has 0 radical (unpaired) electrons. The van der Waals surface area contributed by atoms with E-state index in [-0.39, 0.29) is 30.4 Å². The molecule has 7 aromatic carbocycles. The van der Waals surface area contributed by atoms with Gasteiger partial charge in [-0.1, -0.05) is 140 Å². The fourth-order valence-corrected chi connectivity index (χ4v) is 10.3. The van der Waals surface area contributed by atoms with E-state index in [9.17, 15) is 57.5 Å². The second-order valence-electron chi connectivity index (χ2n) is 19.7. The van der Waals surface area contributed by atoms with Gasteiger partial charge in [0.2, 0.25) is 23.6 Å². The van der Waals surface area contributed by atoms with Crippen molar-refractivity contribution < 1.29 is 57.5 Å². The summed E-state index contributed by atoms with van der Waals surface area (Å²) in [5.41, 5.74) is 26.1. The van der Waals surface area contributed by atoms with Crippen molar-refractivity contribution in [1.82, 2.24) is 29.6 Å². The number of amides is 12. The van der Waals surface area contributed by atoms with Gasteiger partial charge in [-0.05, 0) is 65.2 Å². The average Bonchev–Trinajstić information content (AvgIpc) is 2.18. The average molecular weight is 1150 g/mol. The van der Waals surface area contributed by atoms with Crippen molar-refractivity contribution in [2.45, 2.75) is 43.4 Å². The number of fused-ring (bicyclic) bond motifs is 4. The Kier molecular flexibility index (Phi) is 17.5. The maximum Gasteiger partial charge on any atom is 0.262 e. The van der Waals surface area contributed by atoms with Gasteiger partial charge in [0.25, 0.3) is 47.3 Å². The van der Waals surface area contributed by atoms with Crippen LogP contribution in [0.2, 0.25) is 0 Å². The van der Waals surface area contributed by atoms with Crippen LogP contribution in [0, 0.1) is 0 Å². The van der Waals surface area contributed by atoms with Gasteiger partial charge in [0, 0.05) is 25.2 Å². The Morgan fingerprint density at radius 1 is 0.372 bits per heavy atom. The van der Waals surface area contributed by atoms with Gasteiger partial charge in [0.05, 0.1) is 57.0 Å². The molecule has 0 aliphatic carbocycles. The molecule has 4 aliphatic rings. The van der Waals surface area contributed by atoms with Gasteiger partial charge >= 0.3 is 0 Å². The van der Waals surface area contributed by atoms with Crippen molar-refractivity contribution in [3.63, 3.8) is 0 Å². The first-order valence-corrected chi connectivity index (χ1v) is 26.5. The zero-order valence-corrected chi connectivity index (χ0v) is 45.4. The summed E-state index contributed by atoms with van der Waals surface area (Å²) in [6.45, 7) is 0. The number of hydrogen-bond acceptors (Lipinski definition) is 13. The van der Waals surface area contributed by atoms with Gasteiger partial charge in [-0.25, -0.2) is 4.98 Å². The molecule has 4 atom stereocenters. The normalized spacial score (nSPS) is 14.9. The summed E-state index contributed by atoms with van der Waals surface area (Å²) in [5, 5.41) is 0.